The minimum atomic E-state index is 0.265. The van der Waals surface area contributed by atoms with E-state index in [2.05, 4.69) is 29.6 Å². The monoisotopic (exact) mass is 307 g/mol. The first-order valence-electron chi connectivity index (χ1n) is 8.25. The van der Waals surface area contributed by atoms with E-state index in [1.54, 1.807) is 12.1 Å². The Labute approximate surface area is 136 Å². The summed E-state index contributed by atoms with van der Waals surface area (Å²) in [6.07, 6.45) is 5.68. The predicted octanol–water partition coefficient (Wildman–Crippen LogP) is 4.62. The fraction of sp³-hybridized carbons (Fsp3) is 0.300. The second-order valence-electron chi connectivity index (χ2n) is 6.25. The van der Waals surface area contributed by atoms with Crippen molar-refractivity contribution in [3.63, 3.8) is 0 Å². The molecule has 0 saturated carbocycles. The van der Waals surface area contributed by atoms with Gasteiger partial charge in [0.05, 0.1) is 12.6 Å². The molecule has 23 heavy (non-hydrogen) atoms. The zero-order valence-corrected chi connectivity index (χ0v) is 13.2. The molecule has 0 fully saturated rings. The van der Waals surface area contributed by atoms with Gasteiger partial charge < -0.3 is 15.2 Å². The molecule has 3 nitrogen and oxygen atoms in total. The number of ether oxygens (including phenoxy) is 1. The van der Waals surface area contributed by atoms with Crippen molar-refractivity contribution in [3.05, 3.63) is 65.7 Å². The van der Waals surface area contributed by atoms with Crippen molar-refractivity contribution in [2.24, 2.45) is 5.92 Å². The number of phenolic OH excluding ortho intramolecular Hbond substituents is 1. The van der Waals surface area contributed by atoms with Crippen LogP contribution in [-0.4, -0.2) is 11.7 Å². The van der Waals surface area contributed by atoms with Crippen LogP contribution in [0.1, 0.15) is 36.4 Å². The molecule has 2 aromatic rings. The van der Waals surface area contributed by atoms with Gasteiger partial charge in [-0.2, -0.15) is 0 Å². The van der Waals surface area contributed by atoms with Crippen LogP contribution >= 0.6 is 0 Å². The molecule has 1 heterocycles. The van der Waals surface area contributed by atoms with Crippen molar-refractivity contribution in [1.29, 1.82) is 0 Å². The van der Waals surface area contributed by atoms with Crippen LogP contribution in [0.3, 0.4) is 0 Å². The van der Waals surface area contributed by atoms with Crippen LogP contribution in [0.15, 0.2) is 54.6 Å². The van der Waals surface area contributed by atoms with Crippen LogP contribution in [-0.2, 0) is 0 Å². The van der Waals surface area contributed by atoms with Crippen molar-refractivity contribution >= 4 is 5.69 Å². The number of fused-ring (bicyclic) bond motifs is 3. The van der Waals surface area contributed by atoms with Crippen LogP contribution in [0.2, 0.25) is 0 Å². The normalized spacial score (nSPS) is 24.7. The van der Waals surface area contributed by atoms with Gasteiger partial charge in [0.1, 0.15) is 11.5 Å². The Morgan fingerprint density at radius 1 is 1.17 bits per heavy atom. The highest BCUT2D eigenvalue weighted by atomic mass is 16.5. The van der Waals surface area contributed by atoms with Gasteiger partial charge in [-0.15, -0.1) is 0 Å². The fourth-order valence-electron chi connectivity index (χ4n) is 3.84. The standard InChI is InChI=1S/C20H21NO2/c1-2-23-15-10-11-19-18(12-15)16-4-3-5-17(16)20(21-19)13-6-8-14(22)9-7-13/h3-4,6-12,16-17,20-22H,2,5H2,1H3. The summed E-state index contributed by atoms with van der Waals surface area (Å²) in [5, 5.41) is 13.2. The van der Waals surface area contributed by atoms with Crippen molar-refractivity contribution in [2.45, 2.75) is 25.3 Å². The first-order chi connectivity index (χ1) is 11.3. The maximum Gasteiger partial charge on any atom is 0.119 e. The minimum Gasteiger partial charge on any atom is -0.508 e. The number of benzene rings is 2. The summed E-state index contributed by atoms with van der Waals surface area (Å²) < 4.78 is 5.67. The SMILES string of the molecule is CCOc1ccc2c(c1)C1C=CCC1C(c1ccc(O)cc1)N2. The summed E-state index contributed by atoms with van der Waals surface area (Å²) in [7, 11) is 0. The van der Waals surface area contributed by atoms with E-state index in [4.69, 9.17) is 4.74 Å². The zero-order chi connectivity index (χ0) is 15.8. The third-order valence-corrected chi connectivity index (χ3v) is 4.90. The highest BCUT2D eigenvalue weighted by Crippen LogP contribution is 2.50. The number of rotatable bonds is 3. The van der Waals surface area contributed by atoms with Gasteiger partial charge in [-0.05, 0) is 60.7 Å². The highest BCUT2D eigenvalue weighted by Gasteiger charge is 2.37. The van der Waals surface area contributed by atoms with Crippen LogP contribution < -0.4 is 10.1 Å². The lowest BCUT2D eigenvalue weighted by Gasteiger charge is -2.37. The van der Waals surface area contributed by atoms with E-state index in [1.165, 1.54) is 16.8 Å². The number of allylic oxidation sites excluding steroid dienone is 2. The van der Waals surface area contributed by atoms with Crippen molar-refractivity contribution in [2.75, 3.05) is 11.9 Å². The van der Waals surface area contributed by atoms with Crippen LogP contribution in [0.5, 0.6) is 11.5 Å². The summed E-state index contributed by atoms with van der Waals surface area (Å²) in [5.41, 5.74) is 3.73. The summed E-state index contributed by atoms with van der Waals surface area (Å²) in [6.45, 7) is 2.70. The largest absolute Gasteiger partial charge is 0.508 e. The van der Waals surface area contributed by atoms with E-state index < -0.39 is 0 Å². The average molecular weight is 307 g/mol. The Morgan fingerprint density at radius 3 is 2.78 bits per heavy atom. The Kier molecular flexibility index (Phi) is 3.49. The molecule has 3 heteroatoms. The van der Waals surface area contributed by atoms with E-state index in [0.29, 0.717) is 24.2 Å². The van der Waals surface area contributed by atoms with Crippen LogP contribution in [0.25, 0.3) is 0 Å². The number of phenols is 1. The summed E-state index contributed by atoms with van der Waals surface area (Å²) >= 11 is 0. The van der Waals surface area contributed by atoms with Crippen molar-refractivity contribution in [1.82, 2.24) is 0 Å². The molecule has 1 aliphatic heterocycles. The predicted molar refractivity (Wildman–Crippen MR) is 92.1 cm³/mol. The lowest BCUT2D eigenvalue weighted by molar-refractivity contribution is 0.338. The second kappa shape index (κ2) is 5.65. The van der Waals surface area contributed by atoms with E-state index in [0.717, 1.165) is 12.2 Å². The van der Waals surface area contributed by atoms with E-state index in [1.807, 2.05) is 25.1 Å². The Balaban J connectivity index is 1.72. The maximum absolute atomic E-state index is 9.53. The molecular weight excluding hydrogens is 286 g/mol. The number of hydrogen-bond donors (Lipinski definition) is 2. The fourth-order valence-corrected chi connectivity index (χ4v) is 3.84. The average Bonchev–Trinajstić information content (AvgIpc) is 3.05. The molecule has 2 aromatic carbocycles. The van der Waals surface area contributed by atoms with E-state index in [9.17, 15) is 5.11 Å². The Morgan fingerprint density at radius 2 is 2.00 bits per heavy atom. The number of aromatic hydroxyl groups is 1. The Hall–Kier alpha value is -2.42. The summed E-state index contributed by atoms with van der Waals surface area (Å²) in [6, 6.07) is 14.2. The number of hydrogen-bond acceptors (Lipinski definition) is 3. The Bertz CT molecular complexity index is 736. The molecule has 0 spiro atoms. The molecule has 1 aliphatic carbocycles. The summed E-state index contributed by atoms with van der Waals surface area (Å²) in [4.78, 5) is 0. The van der Waals surface area contributed by atoms with Gasteiger partial charge in [0.25, 0.3) is 0 Å². The highest BCUT2D eigenvalue weighted by molar-refractivity contribution is 5.61. The molecule has 0 aromatic heterocycles. The van der Waals surface area contributed by atoms with Gasteiger partial charge in [-0.3, -0.25) is 0 Å². The molecule has 118 valence electrons. The van der Waals surface area contributed by atoms with Gasteiger partial charge >= 0.3 is 0 Å². The quantitative estimate of drug-likeness (QED) is 0.813. The smallest absolute Gasteiger partial charge is 0.119 e. The first-order valence-corrected chi connectivity index (χ1v) is 8.25. The third-order valence-electron chi connectivity index (χ3n) is 4.90. The van der Waals surface area contributed by atoms with Crippen LogP contribution in [0, 0.1) is 5.92 Å². The molecule has 0 bridgehead atoms. The molecule has 0 radical (unpaired) electrons. The third kappa shape index (κ3) is 2.46. The van der Waals surface area contributed by atoms with Gasteiger partial charge in [0.15, 0.2) is 0 Å². The number of nitrogens with one attached hydrogen (secondary N) is 1. The molecule has 0 saturated heterocycles. The second-order valence-corrected chi connectivity index (χ2v) is 6.25. The molecule has 0 amide bonds. The van der Waals surface area contributed by atoms with Gasteiger partial charge in [0.2, 0.25) is 0 Å². The van der Waals surface area contributed by atoms with E-state index >= 15 is 0 Å². The topological polar surface area (TPSA) is 41.5 Å². The van der Waals surface area contributed by atoms with Crippen molar-refractivity contribution < 1.29 is 9.84 Å². The minimum absolute atomic E-state index is 0.265. The van der Waals surface area contributed by atoms with E-state index in [-0.39, 0.29) is 6.04 Å². The van der Waals surface area contributed by atoms with Crippen LogP contribution in [0.4, 0.5) is 5.69 Å². The maximum atomic E-state index is 9.53. The molecule has 4 rings (SSSR count). The molecule has 2 aliphatic rings. The lowest BCUT2D eigenvalue weighted by Crippen LogP contribution is -2.29. The molecule has 3 atom stereocenters. The van der Waals surface area contributed by atoms with Crippen molar-refractivity contribution in [3.8, 4) is 11.5 Å². The zero-order valence-electron chi connectivity index (χ0n) is 13.2. The molecule has 3 unspecified atom stereocenters. The molecular formula is C20H21NO2. The van der Waals surface area contributed by atoms with Gasteiger partial charge in [0, 0.05) is 11.6 Å². The lowest BCUT2D eigenvalue weighted by atomic mass is 9.77. The first kappa shape index (κ1) is 14.2. The molecule has 2 N–H and O–H groups in total. The summed E-state index contributed by atoms with van der Waals surface area (Å²) in [5.74, 6) is 2.18. The number of anilines is 1. The van der Waals surface area contributed by atoms with Gasteiger partial charge in [-0.25, -0.2) is 0 Å². The van der Waals surface area contributed by atoms with Gasteiger partial charge in [-0.1, -0.05) is 24.3 Å².